The van der Waals surface area contributed by atoms with E-state index in [1.807, 2.05) is 48.5 Å². The van der Waals surface area contributed by atoms with E-state index in [0.717, 1.165) is 21.5 Å². The molecular weight excluding hydrogens is 358 g/mol. The average Bonchev–Trinajstić information content (AvgIpc) is 3.00. The van der Waals surface area contributed by atoms with E-state index in [0.29, 0.717) is 0 Å². The molecule has 1 aliphatic rings. The molecule has 1 N–H and O–H groups in total. The van der Waals surface area contributed by atoms with Crippen molar-refractivity contribution in [1.82, 2.24) is 0 Å². The SMILES string of the molecule is COc1ccc(N[C@H](c2ccc(Br)cc2)[C@@H]2C=CC(=O)O2)cc1. The standard InChI is InChI=1S/C18H16BrNO3/c1-22-15-8-6-14(7-9-15)20-18(16-10-11-17(21)23-16)12-2-4-13(19)5-3-12/h2-11,16,18,20H,1H3/t16-,18+/m0/s1. The van der Waals surface area contributed by atoms with Crippen LogP contribution >= 0.6 is 15.9 Å². The number of hydrogen-bond donors (Lipinski definition) is 1. The van der Waals surface area contributed by atoms with E-state index in [2.05, 4.69) is 21.2 Å². The van der Waals surface area contributed by atoms with Gasteiger partial charge in [-0.1, -0.05) is 28.1 Å². The Morgan fingerprint density at radius 3 is 2.39 bits per heavy atom. The summed E-state index contributed by atoms with van der Waals surface area (Å²) in [7, 11) is 1.63. The van der Waals surface area contributed by atoms with Crippen molar-refractivity contribution >= 4 is 27.6 Å². The lowest BCUT2D eigenvalue weighted by Crippen LogP contribution is -2.25. The Balaban J connectivity index is 1.86. The summed E-state index contributed by atoms with van der Waals surface area (Å²) in [5.74, 6) is 0.483. The first kappa shape index (κ1) is 15.6. The van der Waals surface area contributed by atoms with Crippen LogP contribution in [0.4, 0.5) is 5.69 Å². The lowest BCUT2D eigenvalue weighted by atomic mass is 10.0. The first-order valence-electron chi connectivity index (χ1n) is 7.20. The van der Waals surface area contributed by atoms with E-state index >= 15 is 0 Å². The molecule has 0 spiro atoms. The number of methoxy groups -OCH3 is 1. The normalized spacial score (nSPS) is 17.7. The minimum Gasteiger partial charge on any atom is -0.497 e. The molecule has 2 aromatic rings. The minimum atomic E-state index is -0.342. The summed E-state index contributed by atoms with van der Waals surface area (Å²) in [6.07, 6.45) is 2.91. The van der Waals surface area contributed by atoms with Gasteiger partial charge in [-0.15, -0.1) is 0 Å². The zero-order chi connectivity index (χ0) is 16.2. The van der Waals surface area contributed by atoms with Crippen LogP contribution in [0.25, 0.3) is 0 Å². The maximum atomic E-state index is 11.4. The molecule has 0 aromatic heterocycles. The molecule has 3 rings (SSSR count). The fourth-order valence-corrected chi connectivity index (χ4v) is 2.72. The lowest BCUT2D eigenvalue weighted by Gasteiger charge is -2.25. The molecule has 0 bridgehead atoms. The van der Waals surface area contributed by atoms with Crippen molar-refractivity contribution in [3.8, 4) is 5.75 Å². The fraction of sp³-hybridized carbons (Fsp3) is 0.167. The minimum absolute atomic E-state index is 0.167. The van der Waals surface area contributed by atoms with E-state index in [9.17, 15) is 4.79 Å². The number of cyclic esters (lactones) is 1. The highest BCUT2D eigenvalue weighted by atomic mass is 79.9. The number of ether oxygens (including phenoxy) is 2. The third-order valence-corrected chi connectivity index (χ3v) is 4.17. The zero-order valence-electron chi connectivity index (χ0n) is 12.5. The van der Waals surface area contributed by atoms with Gasteiger partial charge in [0.25, 0.3) is 0 Å². The first-order chi connectivity index (χ1) is 11.2. The summed E-state index contributed by atoms with van der Waals surface area (Å²) in [6.45, 7) is 0. The van der Waals surface area contributed by atoms with Gasteiger partial charge in [0.2, 0.25) is 0 Å². The summed E-state index contributed by atoms with van der Waals surface area (Å²) in [6, 6.07) is 15.4. The molecule has 2 aromatic carbocycles. The second-order valence-electron chi connectivity index (χ2n) is 5.16. The van der Waals surface area contributed by atoms with Gasteiger partial charge in [0.15, 0.2) is 0 Å². The van der Waals surface area contributed by atoms with E-state index in [-0.39, 0.29) is 18.1 Å². The van der Waals surface area contributed by atoms with E-state index < -0.39 is 0 Å². The molecule has 4 nitrogen and oxygen atoms in total. The van der Waals surface area contributed by atoms with Gasteiger partial charge < -0.3 is 14.8 Å². The molecule has 0 fully saturated rings. The van der Waals surface area contributed by atoms with E-state index in [4.69, 9.17) is 9.47 Å². The van der Waals surface area contributed by atoms with Gasteiger partial charge in [-0.3, -0.25) is 0 Å². The molecule has 0 saturated carbocycles. The fourth-order valence-electron chi connectivity index (χ4n) is 2.46. The van der Waals surface area contributed by atoms with Crippen molar-refractivity contribution in [3.63, 3.8) is 0 Å². The van der Waals surface area contributed by atoms with Crippen LogP contribution < -0.4 is 10.1 Å². The van der Waals surface area contributed by atoms with Crippen molar-refractivity contribution in [2.75, 3.05) is 12.4 Å². The maximum Gasteiger partial charge on any atom is 0.331 e. The van der Waals surface area contributed by atoms with Gasteiger partial charge in [0.05, 0.1) is 13.2 Å². The highest BCUT2D eigenvalue weighted by molar-refractivity contribution is 9.10. The van der Waals surface area contributed by atoms with Crippen LogP contribution in [0.15, 0.2) is 65.2 Å². The van der Waals surface area contributed by atoms with Crippen LogP contribution in [0.5, 0.6) is 5.75 Å². The number of carbonyl (C=O) groups is 1. The average molecular weight is 374 g/mol. The Labute approximate surface area is 143 Å². The molecule has 5 heteroatoms. The van der Waals surface area contributed by atoms with Gasteiger partial charge in [-0.25, -0.2) is 4.79 Å². The van der Waals surface area contributed by atoms with Crippen molar-refractivity contribution < 1.29 is 14.3 Å². The lowest BCUT2D eigenvalue weighted by molar-refractivity contribution is -0.139. The Morgan fingerprint density at radius 2 is 1.83 bits per heavy atom. The molecule has 1 aliphatic heterocycles. The van der Waals surface area contributed by atoms with Crippen LogP contribution in [-0.2, 0) is 9.53 Å². The van der Waals surface area contributed by atoms with Gasteiger partial charge in [-0.05, 0) is 48.0 Å². The smallest absolute Gasteiger partial charge is 0.331 e. The highest BCUT2D eigenvalue weighted by Crippen LogP contribution is 2.29. The quantitative estimate of drug-likeness (QED) is 0.801. The van der Waals surface area contributed by atoms with Crippen molar-refractivity contribution in [3.05, 3.63) is 70.7 Å². The maximum absolute atomic E-state index is 11.4. The van der Waals surface area contributed by atoms with E-state index in [1.54, 1.807) is 13.2 Å². The third-order valence-electron chi connectivity index (χ3n) is 3.64. The van der Waals surface area contributed by atoms with E-state index in [1.165, 1.54) is 6.08 Å². The van der Waals surface area contributed by atoms with Crippen LogP contribution in [0.2, 0.25) is 0 Å². The number of anilines is 1. The molecular formula is C18H16BrNO3. The molecule has 0 unspecified atom stereocenters. The van der Waals surface area contributed by atoms with Crippen LogP contribution in [0.1, 0.15) is 11.6 Å². The molecule has 1 heterocycles. The largest absolute Gasteiger partial charge is 0.497 e. The summed E-state index contributed by atoms with van der Waals surface area (Å²) >= 11 is 3.44. The number of esters is 1. The molecule has 0 aliphatic carbocycles. The molecule has 2 atom stereocenters. The topological polar surface area (TPSA) is 47.6 Å². The van der Waals surface area contributed by atoms with Gasteiger partial charge >= 0.3 is 5.97 Å². The van der Waals surface area contributed by atoms with Crippen LogP contribution in [0.3, 0.4) is 0 Å². The number of nitrogens with one attached hydrogen (secondary N) is 1. The van der Waals surface area contributed by atoms with Gasteiger partial charge in [0, 0.05) is 16.2 Å². The molecule has 0 radical (unpaired) electrons. The van der Waals surface area contributed by atoms with Crippen molar-refractivity contribution in [2.45, 2.75) is 12.1 Å². The second-order valence-corrected chi connectivity index (χ2v) is 6.08. The summed E-state index contributed by atoms with van der Waals surface area (Å²) in [5, 5.41) is 3.43. The Hall–Kier alpha value is -2.27. The van der Waals surface area contributed by atoms with Gasteiger partial charge in [-0.2, -0.15) is 0 Å². The Bertz CT molecular complexity index is 710. The zero-order valence-corrected chi connectivity index (χ0v) is 14.1. The highest BCUT2D eigenvalue weighted by Gasteiger charge is 2.28. The number of rotatable bonds is 5. The summed E-state index contributed by atoms with van der Waals surface area (Å²) < 4.78 is 11.6. The molecule has 118 valence electrons. The second kappa shape index (κ2) is 6.87. The summed E-state index contributed by atoms with van der Waals surface area (Å²) in [5.41, 5.74) is 1.96. The predicted octanol–water partition coefficient (Wildman–Crippen LogP) is 4.09. The number of carbonyl (C=O) groups excluding carboxylic acids is 1. The predicted molar refractivity (Wildman–Crippen MR) is 92.5 cm³/mol. The molecule has 0 saturated heterocycles. The first-order valence-corrected chi connectivity index (χ1v) is 8.00. The Morgan fingerprint density at radius 1 is 1.13 bits per heavy atom. The Kier molecular flexibility index (Phi) is 4.67. The molecule has 0 amide bonds. The van der Waals surface area contributed by atoms with Crippen molar-refractivity contribution in [2.24, 2.45) is 0 Å². The van der Waals surface area contributed by atoms with Crippen molar-refractivity contribution in [1.29, 1.82) is 0 Å². The van der Waals surface area contributed by atoms with Gasteiger partial charge in [0.1, 0.15) is 11.9 Å². The number of benzene rings is 2. The number of halogens is 1. The van der Waals surface area contributed by atoms with Crippen LogP contribution in [0, 0.1) is 0 Å². The molecule has 23 heavy (non-hydrogen) atoms. The third kappa shape index (κ3) is 3.74. The monoisotopic (exact) mass is 373 g/mol. The number of hydrogen-bond acceptors (Lipinski definition) is 4. The summed E-state index contributed by atoms with van der Waals surface area (Å²) in [4.78, 5) is 11.4. The van der Waals surface area contributed by atoms with Crippen LogP contribution in [-0.4, -0.2) is 19.2 Å².